The van der Waals surface area contributed by atoms with Gasteiger partial charge in [0.2, 0.25) is 0 Å². The molecule has 2 aromatic carbocycles. The summed E-state index contributed by atoms with van der Waals surface area (Å²) in [7, 11) is 0. The summed E-state index contributed by atoms with van der Waals surface area (Å²) in [6.07, 6.45) is -1.07. The van der Waals surface area contributed by atoms with Crippen LogP contribution < -0.4 is 16.4 Å². The third-order valence-corrected chi connectivity index (χ3v) is 6.00. The Kier molecular flexibility index (Phi) is 7.14. The first-order valence-corrected chi connectivity index (χ1v) is 11.1. The SMILES string of the molecule is Cl.Nc1ncnc2c1c(-c1cccc(C(=O)Nc3ccc(C(F)(F)F)cc3)c1)nn2[C@@H]1CCCNC1. The van der Waals surface area contributed by atoms with Crippen LogP contribution in [-0.2, 0) is 6.18 Å². The zero-order valence-corrected chi connectivity index (χ0v) is 19.7. The number of fused-ring (bicyclic) bond motifs is 1. The smallest absolute Gasteiger partial charge is 0.383 e. The van der Waals surface area contributed by atoms with Crippen molar-refractivity contribution in [3.8, 4) is 11.3 Å². The number of rotatable bonds is 4. The topological polar surface area (TPSA) is 111 Å². The summed E-state index contributed by atoms with van der Waals surface area (Å²) in [5.74, 6) is -0.171. The molecule has 1 saturated heterocycles. The second-order valence-electron chi connectivity index (χ2n) is 8.36. The van der Waals surface area contributed by atoms with Crippen LogP contribution in [0.2, 0.25) is 0 Å². The number of piperidine rings is 1. The van der Waals surface area contributed by atoms with Crippen molar-refractivity contribution in [1.29, 1.82) is 0 Å². The Labute approximate surface area is 210 Å². The molecule has 0 aliphatic carbocycles. The number of carbonyl (C=O) groups is 1. The van der Waals surface area contributed by atoms with Gasteiger partial charge in [-0.05, 0) is 55.8 Å². The predicted octanol–water partition coefficient (Wildman–Crippen LogP) is 4.69. The Morgan fingerprint density at radius 2 is 1.92 bits per heavy atom. The zero-order chi connectivity index (χ0) is 24.6. The normalized spacial score (nSPS) is 15.9. The van der Waals surface area contributed by atoms with Crippen LogP contribution in [0.1, 0.15) is 34.8 Å². The highest BCUT2D eigenvalue weighted by atomic mass is 35.5. The standard InChI is InChI=1S/C24H22F3N7O.ClH/c25-24(26,27)16-6-8-17(9-7-16)32-23(35)15-4-1-3-14(11-15)20-19-21(28)30-13-31-22(19)34(33-20)18-5-2-10-29-12-18;/h1,3-4,6-9,11,13,18,29H,2,5,10,12H2,(H,32,35)(H2,28,30,31);1H/t18-;/m1./s1. The fourth-order valence-corrected chi connectivity index (χ4v) is 4.25. The molecule has 8 nitrogen and oxygen atoms in total. The lowest BCUT2D eigenvalue weighted by Crippen LogP contribution is -2.32. The number of alkyl halides is 3. The van der Waals surface area contributed by atoms with Gasteiger partial charge in [-0.2, -0.15) is 18.3 Å². The average molecular weight is 518 g/mol. The van der Waals surface area contributed by atoms with Gasteiger partial charge in [-0.15, -0.1) is 12.4 Å². The summed E-state index contributed by atoms with van der Waals surface area (Å²) in [4.78, 5) is 21.4. The van der Waals surface area contributed by atoms with Crippen molar-refractivity contribution in [2.45, 2.75) is 25.1 Å². The number of aromatic nitrogens is 4. The van der Waals surface area contributed by atoms with Crippen LogP contribution in [0, 0.1) is 0 Å². The summed E-state index contributed by atoms with van der Waals surface area (Å²) < 4.78 is 40.3. The molecule has 1 fully saturated rings. The molecule has 1 aliphatic heterocycles. The zero-order valence-electron chi connectivity index (χ0n) is 18.9. The molecular weight excluding hydrogens is 495 g/mol. The molecule has 4 aromatic rings. The molecule has 0 saturated carbocycles. The summed E-state index contributed by atoms with van der Waals surface area (Å²) in [5, 5.41) is 11.4. The lowest BCUT2D eigenvalue weighted by molar-refractivity contribution is -0.137. The van der Waals surface area contributed by atoms with Gasteiger partial charge in [0.1, 0.15) is 17.8 Å². The number of nitrogens with two attached hydrogens (primary N) is 1. The molecule has 1 amide bonds. The number of nitrogens with one attached hydrogen (secondary N) is 2. The fraction of sp³-hybridized carbons (Fsp3) is 0.250. The van der Waals surface area contributed by atoms with Crippen LogP contribution in [0.15, 0.2) is 54.9 Å². The molecule has 4 N–H and O–H groups in total. The maximum Gasteiger partial charge on any atom is 0.416 e. The molecule has 188 valence electrons. The minimum absolute atomic E-state index is 0. The first-order chi connectivity index (χ1) is 16.8. The number of nitrogens with zero attached hydrogens (tertiary/aromatic N) is 4. The molecule has 5 rings (SSSR count). The Morgan fingerprint density at radius 3 is 2.61 bits per heavy atom. The maximum atomic E-state index is 12.8. The van der Waals surface area contributed by atoms with E-state index in [-0.39, 0.29) is 24.1 Å². The Hall–Kier alpha value is -3.70. The number of anilines is 2. The van der Waals surface area contributed by atoms with Gasteiger partial charge in [-0.1, -0.05) is 12.1 Å². The molecule has 0 unspecified atom stereocenters. The van der Waals surface area contributed by atoms with Crippen LogP contribution in [0.25, 0.3) is 22.3 Å². The van der Waals surface area contributed by atoms with Gasteiger partial charge < -0.3 is 16.4 Å². The van der Waals surface area contributed by atoms with Crippen molar-refractivity contribution in [3.05, 3.63) is 66.0 Å². The van der Waals surface area contributed by atoms with Crippen molar-refractivity contribution in [2.75, 3.05) is 24.1 Å². The van der Waals surface area contributed by atoms with E-state index < -0.39 is 17.6 Å². The predicted molar refractivity (Wildman–Crippen MR) is 133 cm³/mol. The summed E-state index contributed by atoms with van der Waals surface area (Å²) in [5.41, 5.74) is 7.83. The number of nitrogen functional groups attached to an aromatic ring is 1. The molecule has 12 heteroatoms. The Balaban J connectivity index is 0.00000304. The van der Waals surface area contributed by atoms with Gasteiger partial charge in [-0.3, -0.25) is 4.79 Å². The highest BCUT2D eigenvalue weighted by molar-refractivity contribution is 6.06. The van der Waals surface area contributed by atoms with E-state index in [0.717, 1.165) is 38.1 Å². The second kappa shape index (κ2) is 10.1. The highest BCUT2D eigenvalue weighted by Gasteiger charge is 2.30. The van der Waals surface area contributed by atoms with Gasteiger partial charge in [0, 0.05) is 23.4 Å². The summed E-state index contributed by atoms with van der Waals surface area (Å²) in [6.45, 7) is 1.71. The van der Waals surface area contributed by atoms with E-state index in [1.807, 2.05) is 10.7 Å². The Bertz CT molecular complexity index is 1380. The lowest BCUT2D eigenvalue weighted by Gasteiger charge is -2.23. The van der Waals surface area contributed by atoms with Crippen molar-refractivity contribution >= 4 is 40.9 Å². The first kappa shape index (κ1) is 25.4. The molecular formula is C24H23ClF3N7O. The molecule has 0 spiro atoms. The van der Waals surface area contributed by atoms with Gasteiger partial charge in [0.25, 0.3) is 5.91 Å². The van der Waals surface area contributed by atoms with Crippen LogP contribution >= 0.6 is 12.4 Å². The van der Waals surface area contributed by atoms with E-state index in [1.54, 1.807) is 18.2 Å². The number of hydrogen-bond donors (Lipinski definition) is 3. The quantitative estimate of drug-likeness (QED) is 0.362. The maximum absolute atomic E-state index is 12.8. The largest absolute Gasteiger partial charge is 0.416 e. The first-order valence-electron chi connectivity index (χ1n) is 11.1. The Morgan fingerprint density at radius 1 is 1.14 bits per heavy atom. The van der Waals surface area contributed by atoms with E-state index in [0.29, 0.717) is 33.7 Å². The van der Waals surface area contributed by atoms with Gasteiger partial charge in [0.15, 0.2) is 5.65 Å². The van der Waals surface area contributed by atoms with Crippen molar-refractivity contribution in [2.24, 2.45) is 0 Å². The number of hydrogen-bond acceptors (Lipinski definition) is 6. The number of carbonyl (C=O) groups excluding carboxylic acids is 1. The van der Waals surface area contributed by atoms with E-state index in [9.17, 15) is 18.0 Å². The van der Waals surface area contributed by atoms with E-state index in [4.69, 9.17) is 10.8 Å². The molecule has 36 heavy (non-hydrogen) atoms. The average Bonchev–Trinajstić information content (AvgIpc) is 3.26. The monoisotopic (exact) mass is 517 g/mol. The molecule has 0 bridgehead atoms. The number of amides is 1. The molecule has 3 heterocycles. The number of benzene rings is 2. The molecule has 1 aliphatic rings. The number of halogens is 4. The van der Waals surface area contributed by atoms with Crippen molar-refractivity contribution < 1.29 is 18.0 Å². The van der Waals surface area contributed by atoms with Crippen LogP contribution in [0.5, 0.6) is 0 Å². The third kappa shape index (κ3) is 4.98. The van der Waals surface area contributed by atoms with E-state index >= 15 is 0 Å². The fourth-order valence-electron chi connectivity index (χ4n) is 4.25. The lowest BCUT2D eigenvalue weighted by atomic mass is 10.1. The van der Waals surface area contributed by atoms with Crippen LogP contribution in [-0.4, -0.2) is 38.7 Å². The summed E-state index contributed by atoms with van der Waals surface area (Å²) >= 11 is 0. The summed E-state index contributed by atoms with van der Waals surface area (Å²) in [6, 6.07) is 11.2. The van der Waals surface area contributed by atoms with Crippen LogP contribution in [0.4, 0.5) is 24.7 Å². The minimum atomic E-state index is -4.44. The third-order valence-electron chi connectivity index (χ3n) is 6.00. The van der Waals surface area contributed by atoms with Gasteiger partial charge >= 0.3 is 6.18 Å². The molecule has 0 radical (unpaired) electrons. The minimum Gasteiger partial charge on any atom is -0.383 e. The van der Waals surface area contributed by atoms with Crippen molar-refractivity contribution in [1.82, 2.24) is 25.1 Å². The highest BCUT2D eigenvalue weighted by Crippen LogP contribution is 2.33. The van der Waals surface area contributed by atoms with Crippen LogP contribution in [0.3, 0.4) is 0 Å². The molecule has 2 aromatic heterocycles. The van der Waals surface area contributed by atoms with Gasteiger partial charge in [0.05, 0.1) is 17.0 Å². The van der Waals surface area contributed by atoms with Crippen molar-refractivity contribution in [3.63, 3.8) is 0 Å². The van der Waals surface area contributed by atoms with E-state index in [2.05, 4.69) is 20.6 Å². The second-order valence-corrected chi connectivity index (χ2v) is 8.36. The van der Waals surface area contributed by atoms with E-state index in [1.165, 1.54) is 18.5 Å². The molecule has 1 atom stereocenters. The van der Waals surface area contributed by atoms with Gasteiger partial charge in [-0.25, -0.2) is 14.6 Å².